The van der Waals surface area contributed by atoms with Crippen molar-refractivity contribution in [2.24, 2.45) is 4.99 Å². The van der Waals surface area contributed by atoms with Gasteiger partial charge in [-0.15, -0.1) is 0 Å². The van der Waals surface area contributed by atoms with Gasteiger partial charge in [-0.2, -0.15) is 0 Å². The van der Waals surface area contributed by atoms with E-state index in [9.17, 15) is 0 Å². The fourth-order valence-electron chi connectivity index (χ4n) is 2.04. The van der Waals surface area contributed by atoms with E-state index in [0.29, 0.717) is 0 Å². The average molecular weight is 214 g/mol. The van der Waals surface area contributed by atoms with E-state index in [1.165, 1.54) is 11.3 Å². The van der Waals surface area contributed by atoms with Crippen molar-refractivity contribution in [2.45, 2.75) is 6.42 Å². The van der Waals surface area contributed by atoms with Gasteiger partial charge < -0.3 is 10.1 Å². The quantitative estimate of drug-likeness (QED) is 0.772. The molecule has 0 amide bonds. The Kier molecular flexibility index (Phi) is 2.46. The van der Waals surface area contributed by atoms with Gasteiger partial charge in [0, 0.05) is 17.7 Å². The second kappa shape index (κ2) is 4.10. The molecule has 0 saturated heterocycles. The fraction of sp³-hybridized carbons (Fsp3) is 0.308. The van der Waals surface area contributed by atoms with Crippen LogP contribution in [0.2, 0.25) is 0 Å². The highest BCUT2D eigenvalue weighted by atomic mass is 16.5. The Labute approximate surface area is 94.8 Å². The highest BCUT2D eigenvalue weighted by Gasteiger charge is 2.18. The third kappa shape index (κ3) is 1.74. The molecule has 3 nitrogen and oxygen atoms in total. The van der Waals surface area contributed by atoms with Crippen molar-refractivity contribution in [3.8, 4) is 0 Å². The molecule has 0 unspecified atom stereocenters. The van der Waals surface area contributed by atoms with E-state index >= 15 is 0 Å². The topological polar surface area (TPSA) is 33.6 Å². The molecule has 1 N–H and O–H groups in total. The van der Waals surface area contributed by atoms with Crippen LogP contribution in [0.5, 0.6) is 0 Å². The summed E-state index contributed by atoms with van der Waals surface area (Å²) in [7, 11) is 0. The standard InChI is InChI=1S/C13H14N2O/c1-2-4-10(5-3-1)13-14-8-11-9-16-7-6-12(11)15-13/h1-5H,6-9H2,(H,14,15). The Bertz CT molecular complexity index is 448. The van der Waals surface area contributed by atoms with E-state index in [1.54, 1.807) is 0 Å². The molecule has 0 saturated carbocycles. The van der Waals surface area contributed by atoms with Crippen LogP contribution in [0, 0.1) is 0 Å². The molecule has 2 aliphatic heterocycles. The van der Waals surface area contributed by atoms with Crippen molar-refractivity contribution in [2.75, 3.05) is 19.8 Å². The predicted octanol–water partition coefficient (Wildman–Crippen LogP) is 1.71. The van der Waals surface area contributed by atoms with E-state index in [1.807, 2.05) is 18.2 Å². The third-order valence-corrected chi connectivity index (χ3v) is 2.94. The van der Waals surface area contributed by atoms with E-state index in [2.05, 4.69) is 22.4 Å². The van der Waals surface area contributed by atoms with Crippen LogP contribution in [0.25, 0.3) is 0 Å². The van der Waals surface area contributed by atoms with Crippen molar-refractivity contribution in [3.63, 3.8) is 0 Å². The van der Waals surface area contributed by atoms with Crippen molar-refractivity contribution in [3.05, 3.63) is 47.2 Å². The zero-order chi connectivity index (χ0) is 10.8. The first-order chi connectivity index (χ1) is 7.93. The first-order valence-corrected chi connectivity index (χ1v) is 5.59. The smallest absolute Gasteiger partial charge is 0.132 e. The van der Waals surface area contributed by atoms with Crippen LogP contribution in [0.15, 0.2) is 46.6 Å². The molecule has 0 aliphatic carbocycles. The van der Waals surface area contributed by atoms with Gasteiger partial charge in [0.25, 0.3) is 0 Å². The number of aliphatic imine (C=N–C) groups is 1. The molecule has 0 fully saturated rings. The summed E-state index contributed by atoms with van der Waals surface area (Å²) in [6.45, 7) is 2.31. The Morgan fingerprint density at radius 2 is 2.06 bits per heavy atom. The van der Waals surface area contributed by atoms with Crippen LogP contribution < -0.4 is 5.32 Å². The summed E-state index contributed by atoms with van der Waals surface area (Å²) in [5.41, 5.74) is 3.76. The molecule has 2 heterocycles. The van der Waals surface area contributed by atoms with E-state index in [0.717, 1.165) is 37.6 Å². The van der Waals surface area contributed by atoms with Crippen LogP contribution in [0.3, 0.4) is 0 Å². The summed E-state index contributed by atoms with van der Waals surface area (Å²) in [5, 5.41) is 3.42. The highest BCUT2D eigenvalue weighted by molar-refractivity contribution is 6.00. The number of nitrogens with zero attached hydrogens (tertiary/aromatic N) is 1. The zero-order valence-corrected chi connectivity index (χ0v) is 9.07. The average Bonchev–Trinajstić information content (AvgIpc) is 2.39. The van der Waals surface area contributed by atoms with Crippen LogP contribution in [0.1, 0.15) is 12.0 Å². The zero-order valence-electron chi connectivity index (χ0n) is 9.07. The number of hydrogen-bond acceptors (Lipinski definition) is 3. The van der Waals surface area contributed by atoms with Crippen molar-refractivity contribution in [1.29, 1.82) is 0 Å². The van der Waals surface area contributed by atoms with Gasteiger partial charge >= 0.3 is 0 Å². The summed E-state index contributed by atoms with van der Waals surface area (Å²) in [6, 6.07) is 10.3. The molecular weight excluding hydrogens is 200 g/mol. The monoisotopic (exact) mass is 214 g/mol. The lowest BCUT2D eigenvalue weighted by molar-refractivity contribution is 0.143. The molecule has 16 heavy (non-hydrogen) atoms. The second-order valence-electron chi connectivity index (χ2n) is 4.04. The predicted molar refractivity (Wildman–Crippen MR) is 63.4 cm³/mol. The maximum atomic E-state index is 5.41. The molecular formula is C13H14N2O. The minimum Gasteiger partial charge on any atom is -0.377 e. The summed E-state index contributed by atoms with van der Waals surface area (Å²) in [6.07, 6.45) is 0.973. The number of rotatable bonds is 1. The lowest BCUT2D eigenvalue weighted by atomic mass is 10.1. The first kappa shape index (κ1) is 9.60. The van der Waals surface area contributed by atoms with Gasteiger partial charge in [-0.25, -0.2) is 0 Å². The van der Waals surface area contributed by atoms with E-state index in [-0.39, 0.29) is 0 Å². The molecule has 0 bridgehead atoms. The Balaban J connectivity index is 1.84. The second-order valence-corrected chi connectivity index (χ2v) is 4.04. The maximum absolute atomic E-state index is 5.41. The fourth-order valence-corrected chi connectivity index (χ4v) is 2.04. The molecule has 2 aliphatic rings. The van der Waals surface area contributed by atoms with Gasteiger partial charge in [-0.3, -0.25) is 4.99 Å². The number of hydrogen-bond donors (Lipinski definition) is 1. The largest absolute Gasteiger partial charge is 0.377 e. The molecule has 1 aromatic carbocycles. The minimum absolute atomic E-state index is 0.730. The molecule has 0 spiro atoms. The van der Waals surface area contributed by atoms with Gasteiger partial charge in [0.1, 0.15) is 5.84 Å². The number of amidine groups is 1. The molecule has 0 radical (unpaired) electrons. The van der Waals surface area contributed by atoms with Gasteiger partial charge in [-0.1, -0.05) is 30.3 Å². The summed E-state index contributed by atoms with van der Waals surface area (Å²) in [4.78, 5) is 4.55. The lowest BCUT2D eigenvalue weighted by Gasteiger charge is -2.26. The molecule has 3 heteroatoms. The van der Waals surface area contributed by atoms with Crippen molar-refractivity contribution < 1.29 is 4.74 Å². The molecule has 0 atom stereocenters. The van der Waals surface area contributed by atoms with Crippen LogP contribution >= 0.6 is 0 Å². The Morgan fingerprint density at radius 1 is 1.19 bits per heavy atom. The highest BCUT2D eigenvalue weighted by Crippen LogP contribution is 2.18. The molecule has 0 aromatic heterocycles. The Morgan fingerprint density at radius 3 is 2.94 bits per heavy atom. The van der Waals surface area contributed by atoms with Gasteiger partial charge in [0.2, 0.25) is 0 Å². The molecule has 3 rings (SSSR count). The number of ether oxygens (including phenoxy) is 1. The van der Waals surface area contributed by atoms with Gasteiger partial charge in [-0.05, 0) is 5.57 Å². The first-order valence-electron chi connectivity index (χ1n) is 5.59. The summed E-state index contributed by atoms with van der Waals surface area (Å²) >= 11 is 0. The van der Waals surface area contributed by atoms with Crippen molar-refractivity contribution in [1.82, 2.24) is 5.32 Å². The SMILES string of the molecule is c1ccc(C2=NCC3=C(CCOC3)N2)cc1. The van der Waals surface area contributed by atoms with Crippen LogP contribution in [-0.2, 0) is 4.74 Å². The van der Waals surface area contributed by atoms with Crippen molar-refractivity contribution >= 4 is 5.84 Å². The summed E-state index contributed by atoms with van der Waals surface area (Å²) < 4.78 is 5.41. The van der Waals surface area contributed by atoms with Crippen LogP contribution in [0.4, 0.5) is 0 Å². The summed E-state index contributed by atoms with van der Waals surface area (Å²) in [5.74, 6) is 0.987. The molecule has 82 valence electrons. The maximum Gasteiger partial charge on any atom is 0.132 e. The third-order valence-electron chi connectivity index (χ3n) is 2.94. The number of nitrogens with one attached hydrogen (secondary N) is 1. The minimum atomic E-state index is 0.730. The van der Waals surface area contributed by atoms with Gasteiger partial charge in [0.05, 0.1) is 19.8 Å². The van der Waals surface area contributed by atoms with Gasteiger partial charge in [0.15, 0.2) is 0 Å². The van der Waals surface area contributed by atoms with E-state index in [4.69, 9.17) is 4.74 Å². The normalized spacial score (nSPS) is 19.9. The van der Waals surface area contributed by atoms with E-state index < -0.39 is 0 Å². The van der Waals surface area contributed by atoms with Crippen LogP contribution in [-0.4, -0.2) is 25.6 Å². The lowest BCUT2D eigenvalue weighted by Crippen LogP contribution is -2.33. The number of benzene rings is 1. The Hall–Kier alpha value is -1.61. The molecule has 1 aromatic rings.